The Balaban J connectivity index is 1.52. The highest BCUT2D eigenvalue weighted by atomic mass is 16.5. The Morgan fingerprint density at radius 3 is 1.85 bits per heavy atom. The molecule has 2 saturated heterocycles. The molecule has 0 aromatic carbocycles. The predicted molar refractivity (Wildman–Crippen MR) is 53.6 cm³/mol. The monoisotopic (exact) mass is 182 g/mol. The molecule has 13 heavy (non-hydrogen) atoms. The second kappa shape index (κ2) is 5.00. The maximum absolute atomic E-state index is 5.45. The smallest absolute Gasteiger partial charge is 0.379 e. The second-order valence-electron chi connectivity index (χ2n) is 3.56. The van der Waals surface area contributed by atoms with E-state index in [1.807, 2.05) is 0 Å². The molecular weight excluding hydrogens is 166 g/mol. The van der Waals surface area contributed by atoms with Gasteiger partial charge in [0, 0.05) is 26.3 Å². The van der Waals surface area contributed by atoms with E-state index in [-0.39, 0.29) is 0 Å². The molecule has 72 valence electrons. The molecule has 0 bridgehead atoms. The van der Waals surface area contributed by atoms with E-state index in [0.29, 0.717) is 14.1 Å². The zero-order valence-electron chi connectivity index (χ0n) is 7.92. The summed E-state index contributed by atoms with van der Waals surface area (Å²) in [5, 5.41) is 6.60. The summed E-state index contributed by atoms with van der Waals surface area (Å²) >= 11 is 0. The Bertz CT molecular complexity index is 133. The topological polar surface area (TPSA) is 42.5 Å². The van der Waals surface area contributed by atoms with Crippen molar-refractivity contribution in [2.24, 2.45) is 0 Å². The Morgan fingerprint density at radius 1 is 0.923 bits per heavy atom. The summed E-state index contributed by atoms with van der Waals surface area (Å²) in [5.41, 5.74) is 0. The van der Waals surface area contributed by atoms with Gasteiger partial charge in [0.25, 0.3) is 0 Å². The van der Waals surface area contributed by atoms with E-state index in [1.54, 1.807) is 0 Å². The molecule has 2 heterocycles. The molecule has 2 aliphatic rings. The van der Waals surface area contributed by atoms with Gasteiger partial charge in [-0.25, -0.2) is 0 Å². The van der Waals surface area contributed by atoms with Crippen LogP contribution in [-0.4, -0.2) is 40.4 Å². The second-order valence-corrected chi connectivity index (χ2v) is 3.56. The van der Waals surface area contributed by atoms with Gasteiger partial charge in [-0.1, -0.05) is 6.42 Å². The summed E-state index contributed by atoms with van der Waals surface area (Å²) in [7, 11) is 0.586. The van der Waals surface area contributed by atoms with Gasteiger partial charge in [-0.3, -0.25) is 0 Å². The van der Waals surface area contributed by atoms with Crippen LogP contribution in [0.1, 0.15) is 6.42 Å². The highest BCUT2D eigenvalue weighted by Crippen LogP contribution is 2.08. The maximum atomic E-state index is 5.45. The van der Waals surface area contributed by atoms with Gasteiger partial charge in [0.2, 0.25) is 0 Å². The molecule has 0 aromatic heterocycles. The Labute approximate surface area is 80.0 Å². The SMILES string of the molecule is C(CB1NCCO1)CB1NCCO1. The van der Waals surface area contributed by atoms with E-state index in [1.165, 1.54) is 0 Å². The van der Waals surface area contributed by atoms with Gasteiger partial charge in [-0.2, -0.15) is 0 Å². The van der Waals surface area contributed by atoms with E-state index in [2.05, 4.69) is 10.5 Å². The molecule has 0 radical (unpaired) electrons. The van der Waals surface area contributed by atoms with Crippen LogP contribution in [0.3, 0.4) is 0 Å². The van der Waals surface area contributed by atoms with Crippen molar-refractivity contribution in [2.45, 2.75) is 19.1 Å². The molecule has 2 rings (SSSR count). The Kier molecular flexibility index (Phi) is 3.66. The summed E-state index contributed by atoms with van der Waals surface area (Å²) in [6, 6.07) is 0. The van der Waals surface area contributed by atoms with Crippen molar-refractivity contribution >= 4 is 14.1 Å². The molecule has 2 N–H and O–H groups in total. The highest BCUT2D eigenvalue weighted by Gasteiger charge is 2.24. The van der Waals surface area contributed by atoms with Crippen LogP contribution in [0.4, 0.5) is 0 Å². The van der Waals surface area contributed by atoms with E-state index in [9.17, 15) is 0 Å². The van der Waals surface area contributed by atoms with Crippen LogP contribution in [0.15, 0.2) is 0 Å². The van der Waals surface area contributed by atoms with Crippen LogP contribution in [0.5, 0.6) is 0 Å². The van der Waals surface area contributed by atoms with Gasteiger partial charge >= 0.3 is 14.1 Å². The predicted octanol–water partition coefficient (Wildman–Crippen LogP) is -0.407. The molecule has 0 aliphatic carbocycles. The number of hydrogen-bond acceptors (Lipinski definition) is 4. The van der Waals surface area contributed by atoms with Crippen molar-refractivity contribution in [1.82, 2.24) is 10.5 Å². The summed E-state index contributed by atoms with van der Waals surface area (Å²) in [6.45, 7) is 3.73. The molecule has 6 heteroatoms. The van der Waals surface area contributed by atoms with Gasteiger partial charge < -0.3 is 19.8 Å². The molecule has 2 fully saturated rings. The fourth-order valence-electron chi connectivity index (χ4n) is 1.82. The first-order valence-electron chi connectivity index (χ1n) is 5.15. The average molecular weight is 182 g/mol. The zero-order chi connectivity index (χ0) is 8.93. The van der Waals surface area contributed by atoms with Crippen LogP contribution >= 0.6 is 0 Å². The third kappa shape index (κ3) is 2.98. The Morgan fingerprint density at radius 2 is 1.46 bits per heavy atom. The van der Waals surface area contributed by atoms with Crippen molar-refractivity contribution < 1.29 is 9.31 Å². The first-order chi connectivity index (χ1) is 6.45. The molecule has 0 atom stereocenters. The average Bonchev–Trinajstić information content (AvgIpc) is 2.75. The molecule has 4 nitrogen and oxygen atoms in total. The summed E-state index contributed by atoms with van der Waals surface area (Å²) in [6.07, 6.45) is 3.36. The van der Waals surface area contributed by atoms with Gasteiger partial charge in [0.15, 0.2) is 0 Å². The van der Waals surface area contributed by atoms with Gasteiger partial charge in [0.05, 0.1) is 0 Å². The highest BCUT2D eigenvalue weighted by molar-refractivity contribution is 6.51. The minimum atomic E-state index is 0.293. The van der Waals surface area contributed by atoms with Crippen LogP contribution in [-0.2, 0) is 9.31 Å². The first kappa shape index (κ1) is 9.52. The van der Waals surface area contributed by atoms with Crippen LogP contribution in [0.25, 0.3) is 0 Å². The van der Waals surface area contributed by atoms with E-state index < -0.39 is 0 Å². The zero-order valence-corrected chi connectivity index (χ0v) is 7.92. The largest absolute Gasteiger partial charge is 0.420 e. The number of hydrogen-bond donors (Lipinski definition) is 2. The summed E-state index contributed by atoms with van der Waals surface area (Å²) < 4.78 is 10.9. The van der Waals surface area contributed by atoms with Crippen LogP contribution < -0.4 is 10.5 Å². The standard InChI is InChI=1S/C7H16B2N2O2/c1(2-8-10-4-6-12-8)3-9-11-5-7-13-9/h10-11H,1-7H2. The fraction of sp³-hybridized carbons (Fsp3) is 1.00. The lowest BCUT2D eigenvalue weighted by Gasteiger charge is -2.06. The fourth-order valence-corrected chi connectivity index (χ4v) is 1.82. The lowest BCUT2D eigenvalue weighted by molar-refractivity contribution is 0.364. The van der Waals surface area contributed by atoms with Gasteiger partial charge in [0.1, 0.15) is 0 Å². The lowest BCUT2D eigenvalue weighted by atomic mass is 9.70. The molecule has 0 amide bonds. The number of rotatable bonds is 4. The third-order valence-electron chi connectivity index (χ3n) is 2.52. The minimum absolute atomic E-state index is 0.293. The first-order valence-corrected chi connectivity index (χ1v) is 5.15. The molecule has 0 saturated carbocycles. The van der Waals surface area contributed by atoms with E-state index in [4.69, 9.17) is 9.31 Å². The normalized spacial score (nSPS) is 23.1. The lowest BCUT2D eigenvalue weighted by Crippen LogP contribution is -2.31. The van der Waals surface area contributed by atoms with Gasteiger partial charge in [-0.05, 0) is 12.6 Å². The van der Waals surface area contributed by atoms with Crippen LogP contribution in [0, 0.1) is 0 Å². The quantitative estimate of drug-likeness (QED) is 0.580. The summed E-state index contributed by atoms with van der Waals surface area (Å²) in [5.74, 6) is 0. The van der Waals surface area contributed by atoms with Crippen molar-refractivity contribution in [2.75, 3.05) is 26.3 Å². The van der Waals surface area contributed by atoms with Crippen molar-refractivity contribution in [3.05, 3.63) is 0 Å². The van der Waals surface area contributed by atoms with Crippen molar-refractivity contribution in [1.29, 1.82) is 0 Å². The Hall–Kier alpha value is -0.0301. The van der Waals surface area contributed by atoms with Gasteiger partial charge in [-0.15, -0.1) is 0 Å². The molecule has 0 aromatic rings. The van der Waals surface area contributed by atoms with Crippen molar-refractivity contribution in [3.8, 4) is 0 Å². The molecule has 0 unspecified atom stereocenters. The third-order valence-corrected chi connectivity index (χ3v) is 2.52. The maximum Gasteiger partial charge on any atom is 0.379 e. The van der Waals surface area contributed by atoms with E-state index >= 15 is 0 Å². The molecular formula is C7H16B2N2O2. The summed E-state index contributed by atoms with van der Waals surface area (Å²) in [4.78, 5) is 0. The van der Waals surface area contributed by atoms with E-state index in [0.717, 1.165) is 45.4 Å². The minimum Gasteiger partial charge on any atom is -0.420 e. The van der Waals surface area contributed by atoms with Crippen LogP contribution in [0.2, 0.25) is 12.6 Å². The molecule has 0 spiro atoms. The molecule has 2 aliphatic heterocycles. The van der Waals surface area contributed by atoms with Crippen molar-refractivity contribution in [3.63, 3.8) is 0 Å². The number of nitrogens with one attached hydrogen (secondary N) is 2.